The van der Waals surface area contributed by atoms with E-state index in [2.05, 4.69) is 4.98 Å². The average Bonchev–Trinajstić information content (AvgIpc) is 2.84. The van der Waals surface area contributed by atoms with Crippen LogP contribution in [0.5, 0.6) is 0 Å². The summed E-state index contributed by atoms with van der Waals surface area (Å²) >= 11 is 7.37. The number of rotatable bonds is 3. The van der Waals surface area contributed by atoms with Crippen molar-refractivity contribution in [1.29, 1.82) is 0 Å². The number of nitrogens with zero attached hydrogens (tertiary/aromatic N) is 3. The van der Waals surface area contributed by atoms with E-state index in [1.165, 1.54) is 20.0 Å². The third-order valence-corrected chi connectivity index (χ3v) is 6.69. The van der Waals surface area contributed by atoms with Gasteiger partial charge >= 0.3 is 0 Å². The predicted octanol–water partition coefficient (Wildman–Crippen LogP) is 3.10. The normalized spacial score (nSPS) is 15.2. The van der Waals surface area contributed by atoms with Crippen molar-refractivity contribution in [3.8, 4) is 0 Å². The first-order chi connectivity index (χ1) is 9.06. The first kappa shape index (κ1) is 15.8. The first-order valence-corrected chi connectivity index (χ1v) is 8.85. The topological polar surface area (TPSA) is 54.7 Å². The monoisotopic (exact) mass is 335 g/mol. The van der Waals surface area contributed by atoms with Crippen LogP contribution in [0.3, 0.4) is 0 Å². The van der Waals surface area contributed by atoms with Gasteiger partial charge in [0.2, 0.25) is 0 Å². The van der Waals surface area contributed by atoms with Crippen molar-refractivity contribution in [2.75, 3.05) is 7.05 Å². The van der Waals surface area contributed by atoms with Crippen LogP contribution < -0.4 is 0 Å². The second kappa shape index (κ2) is 4.98. The third-order valence-electron chi connectivity index (χ3n) is 3.60. The molecule has 112 valence electrons. The van der Waals surface area contributed by atoms with Crippen molar-refractivity contribution in [1.82, 2.24) is 13.7 Å². The number of hydrogen-bond acceptors (Lipinski definition) is 4. The highest BCUT2D eigenvalue weighted by atomic mass is 35.5. The van der Waals surface area contributed by atoms with Gasteiger partial charge in [-0.05, 0) is 12.3 Å². The van der Waals surface area contributed by atoms with E-state index in [0.29, 0.717) is 4.96 Å². The van der Waals surface area contributed by atoms with Crippen molar-refractivity contribution in [3.63, 3.8) is 0 Å². The van der Waals surface area contributed by atoms with Crippen LogP contribution in [0.2, 0.25) is 5.15 Å². The zero-order valence-corrected chi connectivity index (χ0v) is 14.5. The Bertz CT molecular complexity index is 728. The molecule has 0 aliphatic rings. The smallest absolute Gasteiger partial charge is 0.262 e. The largest absolute Gasteiger partial charge is 0.279 e. The summed E-state index contributed by atoms with van der Waals surface area (Å²) in [5.41, 5.74) is -0.174. The van der Waals surface area contributed by atoms with Gasteiger partial charge in [-0.2, -0.15) is 4.31 Å². The molecule has 0 saturated heterocycles. The van der Waals surface area contributed by atoms with Crippen LogP contribution in [0.15, 0.2) is 16.6 Å². The molecule has 5 nitrogen and oxygen atoms in total. The number of imidazole rings is 1. The fraction of sp³-hybridized carbons (Fsp3) is 0.583. The van der Waals surface area contributed by atoms with E-state index in [1.807, 2.05) is 27.7 Å². The lowest BCUT2D eigenvalue weighted by Gasteiger charge is -2.34. The van der Waals surface area contributed by atoms with Gasteiger partial charge in [0.1, 0.15) is 0 Å². The molecule has 2 rings (SSSR count). The Balaban J connectivity index is 2.55. The summed E-state index contributed by atoms with van der Waals surface area (Å²) in [6.45, 7) is 7.89. The number of thiazole rings is 1. The number of fused-ring (bicyclic) bond motifs is 1. The average molecular weight is 336 g/mol. The van der Waals surface area contributed by atoms with Gasteiger partial charge in [-0.25, -0.2) is 13.4 Å². The molecule has 0 N–H and O–H groups in total. The number of halogens is 1. The van der Waals surface area contributed by atoms with E-state index in [1.54, 1.807) is 18.6 Å². The molecule has 2 heterocycles. The molecule has 0 spiro atoms. The van der Waals surface area contributed by atoms with Crippen molar-refractivity contribution in [3.05, 3.63) is 16.7 Å². The Morgan fingerprint density at radius 1 is 1.45 bits per heavy atom. The zero-order chi connectivity index (χ0) is 15.3. The summed E-state index contributed by atoms with van der Waals surface area (Å²) < 4.78 is 28.5. The van der Waals surface area contributed by atoms with E-state index >= 15 is 0 Å². The molecule has 0 aliphatic heterocycles. The highest BCUT2D eigenvalue weighted by Gasteiger charge is 2.36. The van der Waals surface area contributed by atoms with Crippen molar-refractivity contribution >= 4 is 37.9 Å². The Labute approximate surface area is 128 Å². The van der Waals surface area contributed by atoms with E-state index in [9.17, 15) is 8.42 Å². The minimum absolute atomic E-state index is 0.0183. The number of sulfonamides is 1. The van der Waals surface area contributed by atoms with Crippen LogP contribution in [0.1, 0.15) is 27.7 Å². The molecule has 0 aliphatic carbocycles. The highest BCUT2D eigenvalue weighted by molar-refractivity contribution is 7.89. The lowest BCUT2D eigenvalue weighted by molar-refractivity contribution is 0.216. The van der Waals surface area contributed by atoms with Gasteiger partial charge in [0.25, 0.3) is 10.0 Å². The molecular formula is C12H18ClN3O2S2. The summed E-state index contributed by atoms with van der Waals surface area (Å²) in [7, 11) is -2.12. The quantitative estimate of drug-likeness (QED) is 0.866. The van der Waals surface area contributed by atoms with Gasteiger partial charge < -0.3 is 0 Å². The second-order valence-electron chi connectivity index (χ2n) is 5.83. The third kappa shape index (κ3) is 2.47. The minimum atomic E-state index is -3.70. The second-order valence-corrected chi connectivity index (χ2v) is 8.97. The van der Waals surface area contributed by atoms with Gasteiger partial charge in [0, 0.05) is 24.7 Å². The molecule has 8 heteroatoms. The van der Waals surface area contributed by atoms with Gasteiger partial charge in [0.05, 0.1) is 0 Å². The lowest BCUT2D eigenvalue weighted by atomic mass is 9.88. The highest BCUT2D eigenvalue weighted by Crippen LogP contribution is 2.31. The summed E-state index contributed by atoms with van der Waals surface area (Å²) in [6, 6.07) is -0.173. The summed E-state index contributed by atoms with van der Waals surface area (Å²) in [6.07, 6.45) is 1.67. The van der Waals surface area contributed by atoms with Crippen molar-refractivity contribution in [2.24, 2.45) is 5.41 Å². The minimum Gasteiger partial charge on any atom is -0.279 e. The molecule has 2 aromatic heterocycles. The van der Waals surface area contributed by atoms with Gasteiger partial charge in [0.15, 0.2) is 15.1 Å². The predicted molar refractivity (Wildman–Crippen MR) is 81.9 cm³/mol. The molecular weight excluding hydrogens is 318 g/mol. The van der Waals surface area contributed by atoms with Crippen LogP contribution in [-0.4, -0.2) is 35.2 Å². The number of hydrogen-bond donors (Lipinski definition) is 0. The summed E-state index contributed by atoms with van der Waals surface area (Å²) in [4.78, 5) is 4.66. The Kier molecular flexibility index (Phi) is 3.92. The van der Waals surface area contributed by atoms with Crippen molar-refractivity contribution < 1.29 is 8.42 Å². The summed E-state index contributed by atoms with van der Waals surface area (Å²) in [5, 5.41) is 1.84. The summed E-state index contributed by atoms with van der Waals surface area (Å²) in [5.74, 6) is 0. The molecule has 0 aromatic carbocycles. The maximum Gasteiger partial charge on any atom is 0.262 e. The standard InChI is InChI=1S/C12H18ClN3O2S2/c1-8(12(2,3)4)15(5)20(17,18)10-9(13)14-11-16(10)6-7-19-11/h6-8H,1-5H3. The Hall–Kier alpha value is -0.630. The van der Waals surface area contributed by atoms with Crippen LogP contribution >= 0.6 is 22.9 Å². The molecule has 0 radical (unpaired) electrons. The van der Waals surface area contributed by atoms with Gasteiger partial charge in [-0.3, -0.25) is 4.40 Å². The fourth-order valence-electron chi connectivity index (χ4n) is 1.86. The molecule has 0 fully saturated rings. The maximum atomic E-state index is 12.8. The van der Waals surface area contributed by atoms with E-state index in [0.717, 1.165) is 0 Å². The number of aromatic nitrogens is 2. The van der Waals surface area contributed by atoms with E-state index in [4.69, 9.17) is 11.6 Å². The van der Waals surface area contributed by atoms with E-state index < -0.39 is 10.0 Å². The Morgan fingerprint density at radius 2 is 2.05 bits per heavy atom. The molecule has 0 bridgehead atoms. The first-order valence-electron chi connectivity index (χ1n) is 6.16. The Morgan fingerprint density at radius 3 is 2.60 bits per heavy atom. The van der Waals surface area contributed by atoms with Crippen LogP contribution in [0.25, 0.3) is 4.96 Å². The van der Waals surface area contributed by atoms with Crippen molar-refractivity contribution in [2.45, 2.75) is 38.8 Å². The molecule has 1 unspecified atom stereocenters. The fourth-order valence-corrected chi connectivity index (χ4v) is 4.80. The molecule has 2 aromatic rings. The van der Waals surface area contributed by atoms with Crippen LogP contribution in [-0.2, 0) is 10.0 Å². The van der Waals surface area contributed by atoms with Gasteiger partial charge in [-0.15, -0.1) is 11.3 Å². The van der Waals surface area contributed by atoms with E-state index in [-0.39, 0.29) is 21.6 Å². The SMILES string of the molecule is CC(N(C)S(=O)(=O)c1c(Cl)nc2sccn12)C(C)(C)C. The maximum absolute atomic E-state index is 12.8. The van der Waals surface area contributed by atoms with Crippen LogP contribution in [0, 0.1) is 5.41 Å². The lowest BCUT2D eigenvalue weighted by Crippen LogP contribution is -2.43. The van der Waals surface area contributed by atoms with Crippen LogP contribution in [0.4, 0.5) is 0 Å². The molecule has 1 atom stereocenters. The zero-order valence-electron chi connectivity index (χ0n) is 12.1. The molecule has 20 heavy (non-hydrogen) atoms. The molecule has 0 saturated carbocycles. The molecule has 0 amide bonds. The van der Waals surface area contributed by atoms with Gasteiger partial charge in [-0.1, -0.05) is 32.4 Å².